The van der Waals surface area contributed by atoms with E-state index in [1.54, 1.807) is 0 Å². The lowest BCUT2D eigenvalue weighted by molar-refractivity contribution is -0.132. The van der Waals surface area contributed by atoms with Gasteiger partial charge in [0.1, 0.15) is 5.60 Å². The molecule has 0 saturated carbocycles. The highest BCUT2D eigenvalue weighted by Crippen LogP contribution is 2.17. The Hall–Kier alpha value is -1.30. The average Bonchev–Trinajstić information content (AvgIpc) is 2.37. The fourth-order valence-electron chi connectivity index (χ4n) is 2.42. The highest BCUT2D eigenvalue weighted by atomic mass is 16.6. The lowest BCUT2D eigenvalue weighted by Gasteiger charge is -2.37. The quantitative estimate of drug-likeness (QED) is 0.822. The molecular weight excluding hydrogens is 270 g/mol. The predicted octanol–water partition coefficient (Wildman–Crippen LogP) is 1.36. The Bertz CT molecular complexity index is 366. The number of carbonyl (C=O) groups excluding carboxylic acids is 2. The van der Waals surface area contributed by atoms with Crippen molar-refractivity contribution in [3.8, 4) is 0 Å². The Morgan fingerprint density at radius 1 is 1.33 bits per heavy atom. The molecule has 1 fully saturated rings. The molecule has 0 spiro atoms. The number of amides is 2. The van der Waals surface area contributed by atoms with Gasteiger partial charge in [0.15, 0.2) is 0 Å². The van der Waals surface area contributed by atoms with Gasteiger partial charge in [0, 0.05) is 32.1 Å². The summed E-state index contributed by atoms with van der Waals surface area (Å²) in [6, 6.07) is 0.349. The van der Waals surface area contributed by atoms with Crippen LogP contribution in [0.25, 0.3) is 0 Å². The fourth-order valence-corrected chi connectivity index (χ4v) is 2.42. The molecule has 0 aromatic heterocycles. The zero-order valence-electron chi connectivity index (χ0n) is 13.9. The summed E-state index contributed by atoms with van der Waals surface area (Å²) in [7, 11) is 1.93. The van der Waals surface area contributed by atoms with Crippen molar-refractivity contribution in [2.45, 2.75) is 52.2 Å². The number of rotatable bonds is 4. The van der Waals surface area contributed by atoms with Gasteiger partial charge in [-0.3, -0.25) is 4.79 Å². The van der Waals surface area contributed by atoms with Crippen LogP contribution in [0.3, 0.4) is 0 Å². The maximum atomic E-state index is 12.1. The van der Waals surface area contributed by atoms with Crippen LogP contribution in [0.2, 0.25) is 0 Å². The third kappa shape index (κ3) is 6.33. The largest absolute Gasteiger partial charge is 0.444 e. The molecule has 2 atom stereocenters. The molecule has 6 heteroatoms. The van der Waals surface area contributed by atoms with Gasteiger partial charge < -0.3 is 20.3 Å². The van der Waals surface area contributed by atoms with E-state index in [1.165, 1.54) is 0 Å². The Morgan fingerprint density at radius 2 is 2.00 bits per heavy atom. The standard InChI is InChI=1S/C15H29N3O3/c1-11-7-9-18(10-12(11)16-5)13(19)6-8-17-14(20)21-15(2,3)4/h11-12,16H,6-10H2,1-5H3,(H,17,20). The Labute approximate surface area is 127 Å². The van der Waals surface area contributed by atoms with E-state index in [0.29, 0.717) is 24.9 Å². The van der Waals surface area contributed by atoms with Gasteiger partial charge in [-0.05, 0) is 40.2 Å². The van der Waals surface area contributed by atoms with E-state index < -0.39 is 11.7 Å². The van der Waals surface area contributed by atoms with Gasteiger partial charge in [0.2, 0.25) is 5.91 Å². The first kappa shape index (κ1) is 17.8. The van der Waals surface area contributed by atoms with Crippen molar-refractivity contribution in [1.29, 1.82) is 0 Å². The molecular formula is C15H29N3O3. The number of nitrogens with zero attached hydrogens (tertiary/aromatic N) is 1. The van der Waals surface area contributed by atoms with Crippen LogP contribution in [-0.2, 0) is 9.53 Å². The number of likely N-dealkylation sites (tertiary alicyclic amines) is 1. The third-order valence-electron chi connectivity index (χ3n) is 3.69. The first-order valence-corrected chi connectivity index (χ1v) is 7.65. The molecule has 0 bridgehead atoms. The summed E-state index contributed by atoms with van der Waals surface area (Å²) in [6.45, 7) is 9.48. The predicted molar refractivity (Wildman–Crippen MR) is 82.1 cm³/mol. The maximum Gasteiger partial charge on any atom is 0.407 e. The van der Waals surface area contributed by atoms with E-state index in [2.05, 4.69) is 17.6 Å². The lowest BCUT2D eigenvalue weighted by atomic mass is 9.93. The number of hydrogen-bond donors (Lipinski definition) is 2. The van der Waals surface area contributed by atoms with Crippen molar-refractivity contribution in [3.05, 3.63) is 0 Å². The number of ether oxygens (including phenoxy) is 1. The van der Waals surface area contributed by atoms with E-state index in [9.17, 15) is 9.59 Å². The van der Waals surface area contributed by atoms with Crippen molar-refractivity contribution in [2.24, 2.45) is 5.92 Å². The van der Waals surface area contributed by atoms with Crippen LogP contribution < -0.4 is 10.6 Å². The second-order valence-electron chi connectivity index (χ2n) is 6.68. The first-order valence-electron chi connectivity index (χ1n) is 7.65. The number of piperidine rings is 1. The molecule has 0 aliphatic carbocycles. The zero-order valence-corrected chi connectivity index (χ0v) is 13.9. The molecule has 0 aromatic rings. The van der Waals surface area contributed by atoms with Crippen LogP contribution in [-0.4, -0.2) is 55.2 Å². The van der Waals surface area contributed by atoms with Crippen molar-refractivity contribution >= 4 is 12.0 Å². The number of nitrogens with one attached hydrogen (secondary N) is 2. The van der Waals surface area contributed by atoms with Crippen molar-refractivity contribution in [3.63, 3.8) is 0 Å². The van der Waals surface area contributed by atoms with E-state index >= 15 is 0 Å². The molecule has 0 aromatic carbocycles. The van der Waals surface area contributed by atoms with E-state index in [4.69, 9.17) is 4.74 Å². The monoisotopic (exact) mass is 299 g/mol. The number of alkyl carbamates (subject to hydrolysis) is 1. The summed E-state index contributed by atoms with van der Waals surface area (Å²) in [6.07, 6.45) is 0.844. The van der Waals surface area contributed by atoms with Gasteiger partial charge in [0.05, 0.1) is 0 Å². The molecule has 2 N–H and O–H groups in total. The second kappa shape index (κ2) is 7.64. The minimum absolute atomic E-state index is 0.0817. The van der Waals surface area contributed by atoms with E-state index in [0.717, 1.165) is 19.5 Å². The second-order valence-corrected chi connectivity index (χ2v) is 6.68. The van der Waals surface area contributed by atoms with Gasteiger partial charge >= 0.3 is 6.09 Å². The van der Waals surface area contributed by atoms with Gasteiger partial charge in [-0.15, -0.1) is 0 Å². The Balaban J connectivity index is 2.29. The zero-order chi connectivity index (χ0) is 16.0. The van der Waals surface area contributed by atoms with Crippen LogP contribution in [0.15, 0.2) is 0 Å². The molecule has 1 aliphatic heterocycles. The van der Waals surface area contributed by atoms with E-state index in [-0.39, 0.29) is 5.91 Å². The smallest absolute Gasteiger partial charge is 0.407 e. The summed E-state index contributed by atoms with van der Waals surface area (Å²) in [5.74, 6) is 0.664. The highest BCUT2D eigenvalue weighted by Gasteiger charge is 2.27. The molecule has 1 rings (SSSR count). The van der Waals surface area contributed by atoms with Gasteiger partial charge in [-0.25, -0.2) is 4.79 Å². The SMILES string of the molecule is CNC1CN(C(=O)CCNC(=O)OC(C)(C)C)CCC1C. The number of hydrogen-bond acceptors (Lipinski definition) is 4. The first-order chi connectivity index (χ1) is 9.73. The molecule has 21 heavy (non-hydrogen) atoms. The molecule has 1 saturated heterocycles. The summed E-state index contributed by atoms with van der Waals surface area (Å²) in [4.78, 5) is 25.5. The fraction of sp³-hybridized carbons (Fsp3) is 0.867. The number of carbonyl (C=O) groups is 2. The van der Waals surface area contributed by atoms with Gasteiger partial charge in [-0.2, -0.15) is 0 Å². The third-order valence-corrected chi connectivity index (χ3v) is 3.69. The molecule has 6 nitrogen and oxygen atoms in total. The molecule has 1 heterocycles. The van der Waals surface area contributed by atoms with Crippen molar-refractivity contribution in [2.75, 3.05) is 26.7 Å². The minimum atomic E-state index is -0.517. The minimum Gasteiger partial charge on any atom is -0.444 e. The molecule has 0 radical (unpaired) electrons. The van der Waals surface area contributed by atoms with Crippen molar-refractivity contribution in [1.82, 2.24) is 15.5 Å². The average molecular weight is 299 g/mol. The summed E-state index contributed by atoms with van der Waals surface area (Å²) < 4.78 is 5.13. The maximum absolute atomic E-state index is 12.1. The van der Waals surface area contributed by atoms with E-state index in [1.807, 2.05) is 32.7 Å². The molecule has 122 valence electrons. The van der Waals surface area contributed by atoms with Gasteiger partial charge in [0.25, 0.3) is 0 Å². The summed E-state index contributed by atoms with van der Waals surface area (Å²) >= 11 is 0. The van der Waals surface area contributed by atoms with Crippen LogP contribution >= 0.6 is 0 Å². The Morgan fingerprint density at radius 3 is 2.57 bits per heavy atom. The molecule has 2 unspecified atom stereocenters. The van der Waals surface area contributed by atoms with Crippen LogP contribution in [0.4, 0.5) is 4.79 Å². The highest BCUT2D eigenvalue weighted by molar-refractivity contribution is 5.77. The van der Waals surface area contributed by atoms with Crippen LogP contribution in [0.5, 0.6) is 0 Å². The Kier molecular flexibility index (Phi) is 6.45. The van der Waals surface area contributed by atoms with Gasteiger partial charge in [-0.1, -0.05) is 6.92 Å². The van der Waals surface area contributed by atoms with Crippen LogP contribution in [0.1, 0.15) is 40.5 Å². The summed E-state index contributed by atoms with van der Waals surface area (Å²) in [5.41, 5.74) is -0.517. The topological polar surface area (TPSA) is 70.7 Å². The summed E-state index contributed by atoms with van der Waals surface area (Å²) in [5, 5.41) is 5.87. The molecule has 1 aliphatic rings. The lowest BCUT2D eigenvalue weighted by Crippen LogP contribution is -2.51. The normalized spacial score (nSPS) is 22.8. The van der Waals surface area contributed by atoms with Crippen molar-refractivity contribution < 1.29 is 14.3 Å². The van der Waals surface area contributed by atoms with Crippen LogP contribution in [0, 0.1) is 5.92 Å². The molecule has 2 amide bonds. The number of likely N-dealkylation sites (N-methyl/N-ethyl adjacent to an activating group) is 1.